The summed E-state index contributed by atoms with van der Waals surface area (Å²) in [6.07, 6.45) is 0. The van der Waals surface area contributed by atoms with Gasteiger partial charge >= 0.3 is 0 Å². The van der Waals surface area contributed by atoms with Crippen LogP contribution in [0, 0.1) is 0 Å². The van der Waals surface area contributed by atoms with Crippen molar-refractivity contribution >= 4 is 28.3 Å². The Labute approximate surface area is 128 Å². The lowest BCUT2D eigenvalue weighted by atomic mass is 10.2. The largest absolute Gasteiger partial charge is 0.495 e. The van der Waals surface area contributed by atoms with E-state index in [1.54, 1.807) is 7.11 Å². The number of rotatable bonds is 4. The number of hydrogen-bond acceptors (Lipinski definition) is 3. The average Bonchev–Trinajstić information content (AvgIpc) is 2.91. The number of para-hydroxylation sites is 1. The second-order valence-corrected chi connectivity index (χ2v) is 5.31. The van der Waals surface area contributed by atoms with E-state index in [1.165, 1.54) is 0 Å². The molecule has 0 aliphatic carbocycles. The summed E-state index contributed by atoms with van der Waals surface area (Å²) in [5.41, 5.74) is 1.82. The highest BCUT2D eigenvalue weighted by atomic mass is 35.5. The molecular weight excluding hydrogens is 286 g/mol. The summed E-state index contributed by atoms with van der Waals surface area (Å²) in [7, 11) is 1.60. The van der Waals surface area contributed by atoms with Crippen LogP contribution in [0.3, 0.4) is 0 Å². The van der Waals surface area contributed by atoms with E-state index >= 15 is 0 Å². The van der Waals surface area contributed by atoms with Gasteiger partial charge in [0.05, 0.1) is 18.2 Å². The van der Waals surface area contributed by atoms with Gasteiger partial charge in [-0.1, -0.05) is 29.8 Å². The minimum Gasteiger partial charge on any atom is -0.495 e. The molecule has 1 unspecified atom stereocenters. The molecule has 0 spiro atoms. The topological polar surface area (TPSA) is 34.4 Å². The molecule has 1 atom stereocenters. The number of halogens is 1. The predicted octanol–water partition coefficient (Wildman–Crippen LogP) is 5.27. The molecule has 0 aliphatic rings. The van der Waals surface area contributed by atoms with Gasteiger partial charge in [0.15, 0.2) is 0 Å². The van der Waals surface area contributed by atoms with Crippen molar-refractivity contribution in [3.8, 4) is 5.75 Å². The molecule has 0 fully saturated rings. The van der Waals surface area contributed by atoms with E-state index in [9.17, 15) is 0 Å². The molecular formula is C17H16ClNO2. The first-order valence-electron chi connectivity index (χ1n) is 6.76. The van der Waals surface area contributed by atoms with Crippen molar-refractivity contribution in [1.82, 2.24) is 0 Å². The Balaban J connectivity index is 1.82. The van der Waals surface area contributed by atoms with E-state index in [1.807, 2.05) is 42.5 Å². The van der Waals surface area contributed by atoms with E-state index in [4.69, 9.17) is 20.8 Å². The molecule has 3 nitrogen and oxygen atoms in total. The summed E-state index contributed by atoms with van der Waals surface area (Å²) >= 11 is 6.13. The number of benzene rings is 2. The van der Waals surface area contributed by atoms with Crippen LogP contribution < -0.4 is 10.1 Å². The summed E-state index contributed by atoms with van der Waals surface area (Å²) in [4.78, 5) is 0. The molecule has 4 heteroatoms. The number of fused-ring (bicyclic) bond motifs is 1. The fraction of sp³-hybridized carbons (Fsp3) is 0.176. The van der Waals surface area contributed by atoms with Crippen molar-refractivity contribution in [2.24, 2.45) is 0 Å². The number of nitrogens with one attached hydrogen (secondary N) is 1. The SMILES string of the molecule is COc1ccc(NC(C)c2cc3ccccc3o2)cc1Cl. The maximum atomic E-state index is 6.13. The van der Waals surface area contributed by atoms with Crippen LogP contribution in [0.5, 0.6) is 5.75 Å². The van der Waals surface area contributed by atoms with Crippen LogP contribution in [0.2, 0.25) is 5.02 Å². The second kappa shape index (κ2) is 5.70. The maximum absolute atomic E-state index is 6.13. The lowest BCUT2D eigenvalue weighted by Crippen LogP contribution is -2.05. The van der Waals surface area contributed by atoms with Gasteiger partial charge in [0.25, 0.3) is 0 Å². The quantitative estimate of drug-likeness (QED) is 0.713. The lowest BCUT2D eigenvalue weighted by Gasteiger charge is -2.14. The van der Waals surface area contributed by atoms with Gasteiger partial charge < -0.3 is 14.5 Å². The Morgan fingerprint density at radius 2 is 1.95 bits per heavy atom. The highest BCUT2D eigenvalue weighted by Crippen LogP contribution is 2.30. The molecule has 0 saturated carbocycles. The molecule has 0 saturated heterocycles. The van der Waals surface area contributed by atoms with E-state index in [2.05, 4.69) is 18.3 Å². The maximum Gasteiger partial charge on any atom is 0.137 e. The molecule has 1 aromatic heterocycles. The minimum atomic E-state index is 0.0434. The van der Waals surface area contributed by atoms with Crippen LogP contribution in [-0.2, 0) is 0 Å². The molecule has 108 valence electrons. The van der Waals surface area contributed by atoms with E-state index in [0.717, 1.165) is 22.4 Å². The third-order valence-electron chi connectivity index (χ3n) is 3.41. The first-order valence-corrected chi connectivity index (χ1v) is 7.14. The molecule has 0 bridgehead atoms. The van der Waals surface area contributed by atoms with Gasteiger partial charge in [0.1, 0.15) is 17.1 Å². The summed E-state index contributed by atoms with van der Waals surface area (Å²) in [6.45, 7) is 2.05. The van der Waals surface area contributed by atoms with Crippen molar-refractivity contribution in [2.45, 2.75) is 13.0 Å². The van der Waals surface area contributed by atoms with Crippen LogP contribution in [-0.4, -0.2) is 7.11 Å². The molecule has 2 aromatic carbocycles. The molecule has 3 rings (SSSR count). The van der Waals surface area contributed by atoms with Crippen molar-refractivity contribution in [3.05, 3.63) is 59.3 Å². The normalized spacial score (nSPS) is 12.3. The van der Waals surface area contributed by atoms with Gasteiger partial charge in [-0.15, -0.1) is 0 Å². The number of furan rings is 1. The Morgan fingerprint density at radius 1 is 1.14 bits per heavy atom. The van der Waals surface area contributed by atoms with Gasteiger partial charge in [-0.25, -0.2) is 0 Å². The Morgan fingerprint density at radius 3 is 2.67 bits per heavy atom. The molecule has 3 aromatic rings. The molecule has 1 heterocycles. The smallest absolute Gasteiger partial charge is 0.137 e. The van der Waals surface area contributed by atoms with Crippen molar-refractivity contribution < 1.29 is 9.15 Å². The van der Waals surface area contributed by atoms with Crippen LogP contribution >= 0.6 is 11.6 Å². The van der Waals surface area contributed by atoms with Crippen LogP contribution in [0.25, 0.3) is 11.0 Å². The number of ether oxygens (including phenoxy) is 1. The molecule has 0 aliphatic heterocycles. The number of anilines is 1. The first kappa shape index (κ1) is 13.8. The highest BCUT2D eigenvalue weighted by Gasteiger charge is 2.12. The summed E-state index contributed by atoms with van der Waals surface area (Å²) < 4.78 is 11.0. The van der Waals surface area contributed by atoms with Gasteiger partial charge in [-0.3, -0.25) is 0 Å². The Bertz CT molecular complexity index is 733. The van der Waals surface area contributed by atoms with Gasteiger partial charge in [-0.2, -0.15) is 0 Å². The van der Waals surface area contributed by atoms with Crippen LogP contribution in [0.4, 0.5) is 5.69 Å². The third kappa shape index (κ3) is 2.83. The standard InChI is InChI=1S/C17H16ClNO2/c1-11(17-9-12-5-3-4-6-15(12)21-17)19-13-7-8-16(20-2)14(18)10-13/h3-11,19H,1-2H3. The number of methoxy groups -OCH3 is 1. The van der Waals surface area contributed by atoms with Gasteiger partial charge in [0, 0.05) is 11.1 Å². The van der Waals surface area contributed by atoms with Gasteiger partial charge in [0.2, 0.25) is 0 Å². The predicted molar refractivity (Wildman–Crippen MR) is 86.3 cm³/mol. The second-order valence-electron chi connectivity index (χ2n) is 4.90. The zero-order chi connectivity index (χ0) is 14.8. The zero-order valence-electron chi connectivity index (χ0n) is 11.9. The van der Waals surface area contributed by atoms with Crippen LogP contribution in [0.1, 0.15) is 18.7 Å². The Hall–Kier alpha value is -2.13. The van der Waals surface area contributed by atoms with E-state index in [-0.39, 0.29) is 6.04 Å². The van der Waals surface area contributed by atoms with E-state index < -0.39 is 0 Å². The lowest BCUT2D eigenvalue weighted by molar-refractivity contribution is 0.415. The van der Waals surface area contributed by atoms with Crippen LogP contribution in [0.15, 0.2) is 52.9 Å². The zero-order valence-corrected chi connectivity index (χ0v) is 12.6. The fourth-order valence-electron chi connectivity index (χ4n) is 2.29. The summed E-state index contributed by atoms with van der Waals surface area (Å²) in [5.74, 6) is 1.56. The Kier molecular flexibility index (Phi) is 3.76. The van der Waals surface area contributed by atoms with Crippen molar-refractivity contribution in [2.75, 3.05) is 12.4 Å². The highest BCUT2D eigenvalue weighted by molar-refractivity contribution is 6.32. The molecule has 1 N–H and O–H groups in total. The van der Waals surface area contributed by atoms with Crippen molar-refractivity contribution in [1.29, 1.82) is 0 Å². The summed E-state index contributed by atoms with van der Waals surface area (Å²) in [6, 6.07) is 15.7. The molecule has 0 radical (unpaired) electrons. The summed E-state index contributed by atoms with van der Waals surface area (Å²) in [5, 5.41) is 5.07. The van der Waals surface area contributed by atoms with Crippen molar-refractivity contribution in [3.63, 3.8) is 0 Å². The third-order valence-corrected chi connectivity index (χ3v) is 3.70. The minimum absolute atomic E-state index is 0.0434. The first-order chi connectivity index (χ1) is 10.2. The number of hydrogen-bond donors (Lipinski definition) is 1. The van der Waals surface area contributed by atoms with E-state index in [0.29, 0.717) is 10.8 Å². The molecule has 21 heavy (non-hydrogen) atoms. The van der Waals surface area contributed by atoms with Gasteiger partial charge in [-0.05, 0) is 37.3 Å². The fourth-order valence-corrected chi connectivity index (χ4v) is 2.55. The average molecular weight is 302 g/mol. The monoisotopic (exact) mass is 301 g/mol. The molecule has 0 amide bonds.